The van der Waals surface area contributed by atoms with Gasteiger partial charge in [0.2, 0.25) is 0 Å². The Morgan fingerprint density at radius 1 is 0.608 bits per heavy atom. The standard InChI is InChI=1S/C43H67NO7/c1-6-8-10-12-14-16-17-18-19-20-21-22-23-24-25-26-28-30-32-34-42(46)51-39(37-49-36-35-40(43(47)48)44(3,4)5)38-50-41(45)33-31-29-27-15-13-11-9-7-2/h8,10,12,14,16-25,27,29,39-40H,6-7,9,11,13,15,26,28,30-38H2,1-5H3/b10-8+,14-12+,17-16+,19-18+,21-20+,23-22+,25-24+,29-27+. The van der Waals surface area contributed by atoms with E-state index in [-0.39, 0.29) is 55.5 Å². The molecule has 286 valence electrons. The lowest BCUT2D eigenvalue weighted by Crippen LogP contribution is -2.55. The Kier molecular flexibility index (Phi) is 30.9. The van der Waals surface area contributed by atoms with E-state index >= 15 is 0 Å². The van der Waals surface area contributed by atoms with Crippen LogP contribution in [0.5, 0.6) is 0 Å². The molecule has 0 amide bonds. The van der Waals surface area contributed by atoms with Crippen LogP contribution in [-0.2, 0) is 28.6 Å². The first-order valence-corrected chi connectivity index (χ1v) is 18.9. The lowest BCUT2D eigenvalue weighted by Gasteiger charge is -2.34. The topological polar surface area (TPSA) is 102 Å². The van der Waals surface area contributed by atoms with Crippen molar-refractivity contribution in [1.82, 2.24) is 0 Å². The fourth-order valence-corrected chi connectivity index (χ4v) is 4.72. The molecule has 0 radical (unpaired) electrons. The third-order valence-corrected chi connectivity index (χ3v) is 7.66. The molecule has 2 atom stereocenters. The Morgan fingerprint density at radius 3 is 1.73 bits per heavy atom. The summed E-state index contributed by atoms with van der Waals surface area (Å²) in [5.41, 5.74) is 0. The minimum Gasteiger partial charge on any atom is -0.544 e. The molecule has 2 unspecified atom stereocenters. The molecule has 0 saturated heterocycles. The summed E-state index contributed by atoms with van der Waals surface area (Å²) in [4.78, 5) is 36.5. The molecule has 0 bridgehead atoms. The number of carbonyl (C=O) groups is 3. The van der Waals surface area contributed by atoms with Crippen LogP contribution in [0.2, 0.25) is 0 Å². The van der Waals surface area contributed by atoms with Crippen LogP contribution >= 0.6 is 0 Å². The zero-order chi connectivity index (χ0) is 37.8. The van der Waals surface area contributed by atoms with Gasteiger partial charge in [0.05, 0.1) is 40.3 Å². The summed E-state index contributed by atoms with van der Waals surface area (Å²) in [5.74, 6) is -1.88. The van der Waals surface area contributed by atoms with Gasteiger partial charge in [0.15, 0.2) is 6.10 Å². The summed E-state index contributed by atoms with van der Waals surface area (Å²) < 4.78 is 16.9. The highest BCUT2D eigenvalue weighted by atomic mass is 16.6. The molecule has 0 aromatic carbocycles. The first kappa shape index (κ1) is 47.2. The van der Waals surface area contributed by atoms with E-state index in [0.717, 1.165) is 38.5 Å². The average Bonchev–Trinajstić information content (AvgIpc) is 3.08. The van der Waals surface area contributed by atoms with Crippen molar-refractivity contribution < 1.29 is 38.2 Å². The van der Waals surface area contributed by atoms with Gasteiger partial charge in [-0.1, -0.05) is 137 Å². The number of quaternary nitrogens is 1. The predicted molar refractivity (Wildman–Crippen MR) is 208 cm³/mol. The minimum atomic E-state index is -1.14. The Labute approximate surface area is 309 Å². The molecular weight excluding hydrogens is 642 g/mol. The van der Waals surface area contributed by atoms with E-state index in [0.29, 0.717) is 12.8 Å². The first-order valence-electron chi connectivity index (χ1n) is 18.9. The maximum atomic E-state index is 12.6. The van der Waals surface area contributed by atoms with Crippen molar-refractivity contribution in [1.29, 1.82) is 0 Å². The molecule has 0 rings (SSSR count). The van der Waals surface area contributed by atoms with Gasteiger partial charge in [-0.05, 0) is 44.9 Å². The predicted octanol–water partition coefficient (Wildman–Crippen LogP) is 8.23. The largest absolute Gasteiger partial charge is 0.544 e. The quantitative estimate of drug-likeness (QED) is 0.0235. The van der Waals surface area contributed by atoms with Gasteiger partial charge in [0, 0.05) is 19.3 Å². The van der Waals surface area contributed by atoms with E-state index in [1.807, 2.05) is 79.0 Å². The molecule has 0 aliphatic rings. The molecule has 0 fully saturated rings. The van der Waals surface area contributed by atoms with Gasteiger partial charge < -0.3 is 28.6 Å². The molecule has 0 aliphatic carbocycles. The summed E-state index contributed by atoms with van der Waals surface area (Å²) >= 11 is 0. The van der Waals surface area contributed by atoms with Crippen molar-refractivity contribution in [2.45, 2.75) is 116 Å². The number of likely N-dealkylation sites (N-methyl/N-ethyl adjacent to an activating group) is 1. The maximum absolute atomic E-state index is 12.6. The van der Waals surface area contributed by atoms with E-state index in [1.54, 1.807) is 21.1 Å². The van der Waals surface area contributed by atoms with Crippen LogP contribution in [0.3, 0.4) is 0 Å². The highest BCUT2D eigenvalue weighted by molar-refractivity contribution is 5.70. The van der Waals surface area contributed by atoms with Crippen LogP contribution in [0.1, 0.15) is 104 Å². The first-order chi connectivity index (χ1) is 24.6. The van der Waals surface area contributed by atoms with Crippen LogP contribution in [0, 0.1) is 0 Å². The molecule has 0 aromatic heterocycles. The Bertz CT molecular complexity index is 1150. The Morgan fingerprint density at radius 2 is 1.16 bits per heavy atom. The lowest BCUT2D eigenvalue weighted by atomic mass is 10.1. The summed E-state index contributed by atoms with van der Waals surface area (Å²) in [6.07, 6.45) is 43.1. The van der Waals surface area contributed by atoms with Crippen LogP contribution in [0.25, 0.3) is 0 Å². The van der Waals surface area contributed by atoms with Gasteiger partial charge in [-0.25, -0.2) is 0 Å². The van der Waals surface area contributed by atoms with Crippen molar-refractivity contribution in [3.63, 3.8) is 0 Å². The number of carboxylic acid groups (broad SMARTS) is 1. The fraction of sp³-hybridized carbons (Fsp3) is 0.558. The molecule has 0 aliphatic heterocycles. The van der Waals surface area contributed by atoms with Gasteiger partial charge in [-0.15, -0.1) is 0 Å². The number of hydrogen-bond donors (Lipinski definition) is 0. The van der Waals surface area contributed by atoms with E-state index in [1.165, 1.54) is 19.3 Å². The number of esters is 2. The Hall–Kier alpha value is -3.75. The third kappa shape index (κ3) is 31.9. The van der Waals surface area contributed by atoms with Crippen LogP contribution < -0.4 is 5.11 Å². The number of rotatable bonds is 31. The van der Waals surface area contributed by atoms with Crippen molar-refractivity contribution in [2.75, 3.05) is 41.0 Å². The zero-order valence-electron chi connectivity index (χ0n) is 32.2. The molecule has 51 heavy (non-hydrogen) atoms. The second-order valence-corrected chi connectivity index (χ2v) is 13.3. The fourth-order valence-electron chi connectivity index (χ4n) is 4.72. The molecular formula is C43H67NO7. The van der Waals surface area contributed by atoms with Crippen LogP contribution in [0.4, 0.5) is 0 Å². The third-order valence-electron chi connectivity index (χ3n) is 7.66. The van der Waals surface area contributed by atoms with E-state index in [9.17, 15) is 19.5 Å². The molecule has 0 saturated carbocycles. The molecule has 8 nitrogen and oxygen atoms in total. The molecule has 0 aromatic rings. The monoisotopic (exact) mass is 709 g/mol. The summed E-state index contributed by atoms with van der Waals surface area (Å²) in [7, 11) is 5.35. The summed E-state index contributed by atoms with van der Waals surface area (Å²) in [6, 6.07) is -0.743. The van der Waals surface area contributed by atoms with Gasteiger partial charge >= 0.3 is 11.9 Å². The highest BCUT2D eigenvalue weighted by Crippen LogP contribution is 2.10. The SMILES string of the molecule is CC/C=C/C=C/C=C/C=C/C=C/C=C/C=C/CCCCCC(=O)OC(COCCC(C(=O)[O-])[N+](C)(C)C)COC(=O)CC/C=C/CCCCCC. The molecule has 8 heteroatoms. The highest BCUT2D eigenvalue weighted by Gasteiger charge is 2.25. The number of hydrogen-bond acceptors (Lipinski definition) is 7. The average molecular weight is 710 g/mol. The van der Waals surface area contributed by atoms with Gasteiger partial charge in [0.1, 0.15) is 12.6 Å². The number of unbranched alkanes of at least 4 members (excludes halogenated alkanes) is 7. The second-order valence-electron chi connectivity index (χ2n) is 13.3. The van der Waals surface area contributed by atoms with E-state index < -0.39 is 18.1 Å². The van der Waals surface area contributed by atoms with E-state index in [4.69, 9.17) is 14.2 Å². The normalized spacial score (nSPS) is 14.1. The maximum Gasteiger partial charge on any atom is 0.306 e. The Balaban J connectivity index is 4.57. The summed E-state index contributed by atoms with van der Waals surface area (Å²) in [6.45, 7) is 4.33. The van der Waals surface area contributed by atoms with Crippen molar-refractivity contribution >= 4 is 17.9 Å². The number of nitrogens with zero attached hydrogens (tertiary/aromatic N) is 1. The number of allylic oxidation sites excluding steroid dienone is 16. The van der Waals surface area contributed by atoms with Crippen LogP contribution in [-0.4, -0.2) is 75.5 Å². The number of ether oxygens (including phenoxy) is 3. The molecule has 0 N–H and O–H groups in total. The number of aliphatic carboxylic acids is 1. The zero-order valence-corrected chi connectivity index (χ0v) is 32.2. The number of carbonyl (C=O) groups excluding carboxylic acids is 3. The van der Waals surface area contributed by atoms with Crippen molar-refractivity contribution in [3.8, 4) is 0 Å². The van der Waals surface area contributed by atoms with Gasteiger partial charge in [-0.3, -0.25) is 9.59 Å². The van der Waals surface area contributed by atoms with Gasteiger partial charge in [0.25, 0.3) is 0 Å². The van der Waals surface area contributed by atoms with Gasteiger partial charge in [-0.2, -0.15) is 0 Å². The lowest BCUT2D eigenvalue weighted by molar-refractivity contribution is -0.889. The van der Waals surface area contributed by atoms with Crippen LogP contribution in [0.15, 0.2) is 97.2 Å². The van der Waals surface area contributed by atoms with Crippen molar-refractivity contribution in [3.05, 3.63) is 97.2 Å². The van der Waals surface area contributed by atoms with E-state index in [2.05, 4.69) is 32.1 Å². The number of carboxylic acids is 1. The molecule has 0 spiro atoms. The van der Waals surface area contributed by atoms with Crippen molar-refractivity contribution in [2.24, 2.45) is 0 Å². The second kappa shape index (κ2) is 33.4. The summed E-state index contributed by atoms with van der Waals surface area (Å²) in [5, 5.41) is 11.6. The molecule has 0 heterocycles. The minimum absolute atomic E-state index is 0.00320. The smallest absolute Gasteiger partial charge is 0.306 e.